The van der Waals surface area contributed by atoms with Gasteiger partial charge in [0.1, 0.15) is 32.6 Å². The van der Waals surface area contributed by atoms with E-state index in [1.807, 2.05) is 0 Å². The molecule has 1 aliphatic carbocycles. The van der Waals surface area contributed by atoms with Gasteiger partial charge in [-0.15, -0.1) is 0 Å². The minimum absolute atomic E-state index is 0.00576. The summed E-state index contributed by atoms with van der Waals surface area (Å²) in [6, 6.07) is 9.92. The summed E-state index contributed by atoms with van der Waals surface area (Å²) >= 11 is 13.3. The molecule has 0 bridgehead atoms. The molecule has 2 N–H and O–H groups in total. The third-order valence-electron chi connectivity index (χ3n) is 6.05. The number of nitrogens with one attached hydrogen (secondary N) is 1. The first-order valence-corrected chi connectivity index (χ1v) is 12.8. The Hall–Kier alpha value is -3.01. The maximum absolute atomic E-state index is 14.0. The number of ether oxygens (including phenoxy) is 2. The Morgan fingerprint density at radius 2 is 1.69 bits per heavy atom. The first kappa shape index (κ1) is 26.1. The molecule has 1 saturated carbocycles. The largest absolute Gasteiger partial charge is 0.508 e. The quantitative estimate of drug-likeness (QED) is 0.378. The summed E-state index contributed by atoms with van der Waals surface area (Å²) in [7, 11) is 2.98. The van der Waals surface area contributed by atoms with Crippen molar-refractivity contribution in [3.05, 3.63) is 63.1 Å². The van der Waals surface area contributed by atoms with Crippen LogP contribution in [0, 0.1) is 0 Å². The van der Waals surface area contributed by atoms with Gasteiger partial charge in [0, 0.05) is 24.2 Å². The van der Waals surface area contributed by atoms with Crippen molar-refractivity contribution in [2.45, 2.75) is 37.8 Å². The van der Waals surface area contributed by atoms with Crippen molar-refractivity contribution >= 4 is 52.2 Å². The predicted molar refractivity (Wildman–Crippen MR) is 140 cm³/mol. The van der Waals surface area contributed by atoms with Gasteiger partial charge in [0.15, 0.2) is 5.69 Å². The summed E-state index contributed by atoms with van der Waals surface area (Å²) < 4.78 is 15.2. The maximum Gasteiger partial charge on any atom is 0.280 e. The lowest BCUT2D eigenvalue weighted by atomic mass is 10.0. The topological polar surface area (TPSA) is 101 Å². The fraction of sp³-hybridized carbons (Fsp3) is 0.320. The molecule has 0 spiro atoms. The van der Waals surface area contributed by atoms with Gasteiger partial charge in [-0.1, -0.05) is 48.2 Å². The van der Waals surface area contributed by atoms with E-state index in [4.69, 9.17) is 32.7 Å². The molecule has 1 aliphatic rings. The molecule has 11 heteroatoms. The molecule has 1 aromatic heterocycles. The second-order valence-corrected chi connectivity index (χ2v) is 10.1. The van der Waals surface area contributed by atoms with Crippen LogP contribution in [-0.2, 0) is 4.79 Å². The smallest absolute Gasteiger partial charge is 0.280 e. The van der Waals surface area contributed by atoms with Gasteiger partial charge in [0.05, 0.1) is 19.9 Å². The van der Waals surface area contributed by atoms with E-state index in [0.29, 0.717) is 22.7 Å². The molecule has 1 heterocycles. The molecule has 1 fully saturated rings. The second-order valence-electron chi connectivity index (χ2n) is 8.35. The monoisotopic (exact) mass is 549 g/mol. The Bertz CT molecular complexity index is 1220. The third kappa shape index (κ3) is 5.53. The number of amides is 2. The van der Waals surface area contributed by atoms with Gasteiger partial charge in [-0.3, -0.25) is 14.5 Å². The third-order valence-corrected chi connectivity index (χ3v) is 7.66. The molecular weight excluding hydrogens is 525 g/mol. The number of anilines is 1. The molecule has 8 nitrogen and oxygen atoms in total. The summed E-state index contributed by atoms with van der Waals surface area (Å²) in [5.41, 5.74) is 0.734. The van der Waals surface area contributed by atoms with Crippen LogP contribution in [0.1, 0.15) is 47.8 Å². The molecule has 1 atom stereocenters. The van der Waals surface area contributed by atoms with Crippen LogP contribution < -0.4 is 19.7 Å². The van der Waals surface area contributed by atoms with Gasteiger partial charge < -0.3 is 19.9 Å². The number of nitrogens with zero attached hydrogens (tertiary/aromatic N) is 2. The van der Waals surface area contributed by atoms with Crippen LogP contribution in [-0.4, -0.2) is 41.6 Å². The lowest BCUT2D eigenvalue weighted by Gasteiger charge is -2.32. The highest BCUT2D eigenvalue weighted by Gasteiger charge is 2.37. The molecule has 0 radical (unpaired) electrons. The van der Waals surface area contributed by atoms with E-state index < -0.39 is 11.9 Å². The molecule has 0 saturated heterocycles. The fourth-order valence-electron chi connectivity index (χ4n) is 4.25. The fourth-order valence-corrected chi connectivity index (χ4v) is 5.23. The zero-order valence-corrected chi connectivity index (χ0v) is 22.0. The zero-order chi connectivity index (χ0) is 25.8. The Balaban J connectivity index is 1.89. The van der Waals surface area contributed by atoms with Gasteiger partial charge in [-0.25, -0.2) is 0 Å². The first-order chi connectivity index (χ1) is 17.3. The highest BCUT2D eigenvalue weighted by Crippen LogP contribution is 2.38. The number of aromatic hydroxyl groups is 1. The zero-order valence-electron chi connectivity index (χ0n) is 19.7. The molecule has 2 amide bonds. The number of carbonyl (C=O) groups excluding carboxylic acids is 2. The summed E-state index contributed by atoms with van der Waals surface area (Å²) in [5.74, 6) is -0.127. The second kappa shape index (κ2) is 11.4. The van der Waals surface area contributed by atoms with Crippen molar-refractivity contribution in [1.82, 2.24) is 9.69 Å². The van der Waals surface area contributed by atoms with Crippen LogP contribution >= 0.6 is 34.7 Å². The van der Waals surface area contributed by atoms with Crippen LogP contribution in [0.3, 0.4) is 0 Å². The Morgan fingerprint density at radius 1 is 1.08 bits per heavy atom. The number of phenols is 1. The number of phenolic OH excluding ortho intramolecular Hbond substituents is 1. The molecule has 4 rings (SSSR count). The lowest BCUT2D eigenvalue weighted by molar-refractivity contribution is -0.123. The van der Waals surface area contributed by atoms with E-state index in [1.54, 1.807) is 30.3 Å². The molecule has 0 aliphatic heterocycles. The molecule has 3 aromatic rings. The Labute approximate surface area is 222 Å². The summed E-state index contributed by atoms with van der Waals surface area (Å²) in [5, 5.41) is 13.0. The van der Waals surface area contributed by atoms with Crippen molar-refractivity contribution < 1.29 is 24.2 Å². The van der Waals surface area contributed by atoms with Crippen molar-refractivity contribution in [2.24, 2.45) is 0 Å². The molecule has 190 valence electrons. The van der Waals surface area contributed by atoms with E-state index in [9.17, 15) is 14.7 Å². The predicted octanol–water partition coefficient (Wildman–Crippen LogP) is 5.62. The first-order valence-electron chi connectivity index (χ1n) is 11.3. The number of hydrogen-bond donors (Lipinski definition) is 2. The Morgan fingerprint density at radius 3 is 2.22 bits per heavy atom. The number of aromatic nitrogens is 1. The molecule has 36 heavy (non-hydrogen) atoms. The summed E-state index contributed by atoms with van der Waals surface area (Å²) in [6.45, 7) is 0. The molecule has 0 unspecified atom stereocenters. The molecule has 2 aromatic carbocycles. The number of benzene rings is 2. The van der Waals surface area contributed by atoms with Crippen LogP contribution in [0.15, 0.2) is 42.5 Å². The number of rotatable bonds is 8. The van der Waals surface area contributed by atoms with Crippen molar-refractivity contribution in [3.8, 4) is 17.2 Å². The molecular formula is C25H25Cl2N3O5S. The van der Waals surface area contributed by atoms with Gasteiger partial charge in [-0.2, -0.15) is 4.37 Å². The average molecular weight is 550 g/mol. The van der Waals surface area contributed by atoms with Crippen LogP contribution in [0.25, 0.3) is 0 Å². The van der Waals surface area contributed by atoms with Gasteiger partial charge in [0.25, 0.3) is 5.91 Å². The number of methoxy groups -OCH3 is 2. The highest BCUT2D eigenvalue weighted by molar-refractivity contribution is 7.11. The standard InChI is InChI=1S/C25H25Cl2N3O5S/c1-34-18-11-16(12-19(13-18)35-2)30(25(33)21-20(26)23(27)36-29-21)22(14-7-9-17(31)10-8-14)24(32)28-15-5-3-4-6-15/h7-13,15,22,31H,3-6H2,1-2H3,(H,28,32)/t22-/m0/s1. The van der Waals surface area contributed by atoms with Crippen LogP contribution in [0.2, 0.25) is 9.36 Å². The van der Waals surface area contributed by atoms with Gasteiger partial charge >= 0.3 is 0 Å². The van der Waals surface area contributed by atoms with Gasteiger partial charge in [-0.05, 0) is 42.1 Å². The van der Waals surface area contributed by atoms with Crippen molar-refractivity contribution in [2.75, 3.05) is 19.1 Å². The van der Waals surface area contributed by atoms with E-state index >= 15 is 0 Å². The van der Waals surface area contributed by atoms with Crippen LogP contribution in [0.5, 0.6) is 17.2 Å². The average Bonchev–Trinajstić information content (AvgIpc) is 3.51. The van der Waals surface area contributed by atoms with Crippen LogP contribution in [0.4, 0.5) is 5.69 Å². The normalized spacial score (nSPS) is 14.3. The van der Waals surface area contributed by atoms with E-state index in [-0.39, 0.29) is 32.8 Å². The Kier molecular flexibility index (Phi) is 8.23. The SMILES string of the molecule is COc1cc(OC)cc(N(C(=O)c2nsc(Cl)c2Cl)[C@H](C(=O)NC2CCCC2)c2ccc(O)cc2)c1. The lowest BCUT2D eigenvalue weighted by Crippen LogP contribution is -2.46. The van der Waals surface area contributed by atoms with Crippen molar-refractivity contribution in [1.29, 1.82) is 0 Å². The number of hydrogen-bond acceptors (Lipinski definition) is 7. The van der Waals surface area contributed by atoms with Crippen molar-refractivity contribution in [3.63, 3.8) is 0 Å². The van der Waals surface area contributed by atoms with Gasteiger partial charge in [0.2, 0.25) is 5.91 Å². The number of carbonyl (C=O) groups is 2. The minimum atomic E-state index is -1.12. The number of halogens is 2. The van der Waals surface area contributed by atoms with E-state index in [1.165, 1.54) is 31.3 Å². The van der Waals surface area contributed by atoms with E-state index in [0.717, 1.165) is 37.2 Å². The summed E-state index contributed by atoms with van der Waals surface area (Å²) in [6.07, 6.45) is 3.78. The maximum atomic E-state index is 14.0. The van der Waals surface area contributed by atoms with E-state index in [2.05, 4.69) is 9.69 Å². The minimum Gasteiger partial charge on any atom is -0.508 e. The highest BCUT2D eigenvalue weighted by atomic mass is 35.5. The summed E-state index contributed by atoms with van der Waals surface area (Å²) in [4.78, 5) is 29.1.